The highest BCUT2D eigenvalue weighted by Gasteiger charge is 2.11. The lowest BCUT2D eigenvalue weighted by molar-refractivity contribution is 1.38. The van der Waals surface area contributed by atoms with Gasteiger partial charge in [-0.3, -0.25) is 0 Å². The second kappa shape index (κ2) is 4.05. The summed E-state index contributed by atoms with van der Waals surface area (Å²) in [5, 5.41) is 12.2. The van der Waals surface area contributed by atoms with Crippen molar-refractivity contribution in [2.75, 3.05) is 0 Å². The lowest BCUT2D eigenvalue weighted by Gasteiger charge is -2.03. The first kappa shape index (κ1) is 10.2. The summed E-state index contributed by atoms with van der Waals surface area (Å²) in [7, 11) is 0. The minimum atomic E-state index is 0.400. The van der Waals surface area contributed by atoms with Crippen LogP contribution in [0, 0.1) is 14.9 Å². The predicted octanol–water partition coefficient (Wildman–Crippen LogP) is 4.12. The molecule has 4 heteroatoms. The Labute approximate surface area is 104 Å². The maximum absolute atomic E-state index is 9.02. The van der Waals surface area contributed by atoms with Gasteiger partial charge < -0.3 is 0 Å². The minimum Gasteiger partial charge on any atom is -0.192 e. The van der Waals surface area contributed by atoms with E-state index in [1.807, 2.05) is 11.4 Å². The normalized spacial score (nSPS) is 10.4. The number of rotatable bonds is 1. The third kappa shape index (κ3) is 1.52. The average molecular weight is 334 g/mol. The Kier molecular flexibility index (Phi) is 2.96. The molecule has 0 fully saturated rings. The van der Waals surface area contributed by atoms with E-state index < -0.39 is 0 Å². The summed E-state index contributed by atoms with van der Waals surface area (Å²) in [5.74, 6) is 0.400. The van der Waals surface area contributed by atoms with Crippen LogP contribution in [0.25, 0.3) is 10.1 Å². The summed E-state index contributed by atoms with van der Waals surface area (Å²) in [5.41, 5.74) is 1.68. The van der Waals surface area contributed by atoms with Gasteiger partial charge in [-0.1, -0.05) is 0 Å². The number of fused-ring (bicyclic) bond motifs is 1. The molecule has 14 heavy (non-hydrogen) atoms. The fraction of sp³-hybridized carbons (Fsp3) is 0.100. The highest BCUT2D eigenvalue weighted by atomic mass is 127. The van der Waals surface area contributed by atoms with Crippen LogP contribution >= 0.6 is 45.5 Å². The molecule has 2 rings (SSSR count). The van der Waals surface area contributed by atoms with Crippen molar-refractivity contribution < 1.29 is 0 Å². The van der Waals surface area contributed by atoms with E-state index in [4.69, 9.17) is 16.9 Å². The maximum atomic E-state index is 9.02. The first-order valence-corrected chi connectivity index (χ1v) is 6.42. The van der Waals surface area contributed by atoms with E-state index >= 15 is 0 Å². The third-order valence-corrected chi connectivity index (χ3v) is 4.15. The van der Waals surface area contributed by atoms with Crippen LogP contribution in [0.1, 0.15) is 11.1 Å². The first-order valence-electron chi connectivity index (χ1n) is 3.92. The Bertz CT molecular complexity index is 527. The van der Waals surface area contributed by atoms with Crippen molar-refractivity contribution in [1.82, 2.24) is 0 Å². The van der Waals surface area contributed by atoms with E-state index in [9.17, 15) is 0 Å². The van der Waals surface area contributed by atoms with Crippen LogP contribution in [0.2, 0.25) is 0 Å². The van der Waals surface area contributed by atoms with Gasteiger partial charge in [0.25, 0.3) is 0 Å². The van der Waals surface area contributed by atoms with Crippen LogP contribution in [-0.2, 0) is 5.88 Å². The van der Waals surface area contributed by atoms with Gasteiger partial charge >= 0.3 is 0 Å². The molecule has 0 saturated carbocycles. The second-order valence-electron chi connectivity index (χ2n) is 2.80. The molecule has 0 atom stereocenters. The Morgan fingerprint density at radius 1 is 1.57 bits per heavy atom. The van der Waals surface area contributed by atoms with E-state index in [1.54, 1.807) is 11.3 Å². The van der Waals surface area contributed by atoms with E-state index in [0.717, 1.165) is 19.4 Å². The van der Waals surface area contributed by atoms with Crippen LogP contribution in [-0.4, -0.2) is 0 Å². The summed E-state index contributed by atoms with van der Waals surface area (Å²) in [4.78, 5) is 0. The van der Waals surface area contributed by atoms with Crippen LogP contribution in [0.5, 0.6) is 0 Å². The standard InChI is InChI=1S/C10H5ClINS/c11-4-7-8(5-13)9(12)3-6-1-2-14-10(6)7/h1-3H,4H2. The summed E-state index contributed by atoms with van der Waals surface area (Å²) < 4.78 is 2.11. The number of benzene rings is 1. The Morgan fingerprint density at radius 3 is 3.00 bits per heavy atom. The van der Waals surface area contributed by atoms with Crippen molar-refractivity contribution in [3.63, 3.8) is 0 Å². The topological polar surface area (TPSA) is 23.8 Å². The smallest absolute Gasteiger partial charge is 0.101 e. The van der Waals surface area contributed by atoms with Crippen molar-refractivity contribution in [1.29, 1.82) is 5.26 Å². The summed E-state index contributed by atoms with van der Waals surface area (Å²) in [6, 6.07) is 6.30. The molecule has 0 spiro atoms. The second-order valence-corrected chi connectivity index (χ2v) is 5.14. The van der Waals surface area contributed by atoms with Crippen molar-refractivity contribution in [2.24, 2.45) is 0 Å². The van der Waals surface area contributed by atoms with E-state index in [0.29, 0.717) is 5.88 Å². The molecule has 70 valence electrons. The SMILES string of the molecule is N#Cc1c(I)cc2ccsc2c1CCl. The highest BCUT2D eigenvalue weighted by molar-refractivity contribution is 14.1. The Balaban J connectivity index is 2.91. The molecule has 0 unspecified atom stereocenters. The maximum Gasteiger partial charge on any atom is 0.101 e. The zero-order valence-electron chi connectivity index (χ0n) is 7.05. The fourth-order valence-electron chi connectivity index (χ4n) is 1.39. The molecule has 0 aliphatic carbocycles. The molecule has 2 aromatic rings. The van der Waals surface area contributed by atoms with Crippen molar-refractivity contribution in [2.45, 2.75) is 5.88 Å². The summed E-state index contributed by atoms with van der Waals surface area (Å²) in [6.45, 7) is 0. The monoisotopic (exact) mass is 333 g/mol. The number of hydrogen-bond acceptors (Lipinski definition) is 2. The van der Waals surface area contributed by atoms with Crippen molar-refractivity contribution in [3.8, 4) is 6.07 Å². The average Bonchev–Trinajstić information content (AvgIpc) is 2.62. The Morgan fingerprint density at radius 2 is 2.36 bits per heavy atom. The van der Waals surface area contributed by atoms with E-state index in [2.05, 4.69) is 34.7 Å². The number of nitriles is 1. The molecule has 0 aliphatic heterocycles. The fourth-order valence-corrected chi connectivity index (χ4v) is 3.45. The number of nitrogens with zero attached hydrogens (tertiary/aromatic N) is 1. The van der Waals surface area contributed by atoms with Gasteiger partial charge in [-0.15, -0.1) is 22.9 Å². The summed E-state index contributed by atoms with van der Waals surface area (Å²) >= 11 is 9.69. The lowest BCUT2D eigenvalue weighted by atomic mass is 10.1. The zero-order valence-corrected chi connectivity index (χ0v) is 10.8. The van der Waals surface area contributed by atoms with Gasteiger partial charge in [-0.2, -0.15) is 5.26 Å². The van der Waals surface area contributed by atoms with Gasteiger partial charge in [0.2, 0.25) is 0 Å². The molecule has 1 nitrogen and oxygen atoms in total. The van der Waals surface area contributed by atoms with Crippen LogP contribution in [0.15, 0.2) is 17.5 Å². The summed E-state index contributed by atoms with van der Waals surface area (Å²) in [6.07, 6.45) is 0. The highest BCUT2D eigenvalue weighted by Crippen LogP contribution is 2.31. The molecule has 0 bridgehead atoms. The third-order valence-electron chi connectivity index (χ3n) is 2.04. The number of hydrogen-bond donors (Lipinski definition) is 0. The number of halogens is 2. The molecule has 0 radical (unpaired) electrons. The Hall–Kier alpha value is -0.310. The molecule has 1 aromatic carbocycles. The molecule has 1 heterocycles. The van der Waals surface area contributed by atoms with Gasteiger partial charge in [0.05, 0.1) is 11.4 Å². The van der Waals surface area contributed by atoms with Crippen molar-refractivity contribution >= 4 is 55.6 Å². The number of thiophene rings is 1. The molecule has 1 aromatic heterocycles. The largest absolute Gasteiger partial charge is 0.192 e. The minimum absolute atomic E-state index is 0.400. The van der Waals surface area contributed by atoms with Crippen LogP contribution in [0.3, 0.4) is 0 Å². The van der Waals surface area contributed by atoms with Crippen LogP contribution in [0.4, 0.5) is 0 Å². The van der Waals surface area contributed by atoms with Gasteiger partial charge in [-0.05, 0) is 45.5 Å². The molecule has 0 amide bonds. The first-order chi connectivity index (χ1) is 6.77. The lowest BCUT2D eigenvalue weighted by Crippen LogP contribution is -1.90. The quantitative estimate of drug-likeness (QED) is 0.569. The van der Waals surface area contributed by atoms with Gasteiger partial charge in [-0.25, -0.2) is 0 Å². The van der Waals surface area contributed by atoms with Crippen LogP contribution < -0.4 is 0 Å². The van der Waals surface area contributed by atoms with E-state index in [1.165, 1.54) is 5.39 Å². The van der Waals surface area contributed by atoms with Gasteiger partial charge in [0.15, 0.2) is 0 Å². The van der Waals surface area contributed by atoms with Gasteiger partial charge in [0.1, 0.15) is 6.07 Å². The molecule has 0 aliphatic rings. The zero-order chi connectivity index (χ0) is 10.1. The molecule has 0 saturated heterocycles. The molecular formula is C10H5ClINS. The molecular weight excluding hydrogens is 329 g/mol. The predicted molar refractivity (Wildman–Crippen MR) is 68.8 cm³/mol. The van der Waals surface area contributed by atoms with Crippen molar-refractivity contribution in [3.05, 3.63) is 32.2 Å². The van der Waals surface area contributed by atoms with Gasteiger partial charge in [0, 0.05) is 13.8 Å². The van der Waals surface area contributed by atoms with E-state index in [-0.39, 0.29) is 0 Å². The number of alkyl halides is 1. The molecule has 0 N–H and O–H groups in total.